The normalized spacial score (nSPS) is 25.1. The molecule has 1 aliphatic carbocycles. The number of carbonyl (C=O) groups is 4. The topological polar surface area (TPSA) is 256 Å². The number of nitrogens with zero attached hydrogens (tertiary/aromatic N) is 3. The molecule has 7 N–H and O–H groups in total. The van der Waals surface area contributed by atoms with Gasteiger partial charge in [0.25, 0.3) is 0 Å². The van der Waals surface area contributed by atoms with Gasteiger partial charge < -0.3 is 39.6 Å². The molecule has 6 heterocycles. The van der Waals surface area contributed by atoms with Crippen LogP contribution >= 0.6 is 0 Å². The van der Waals surface area contributed by atoms with Crippen molar-refractivity contribution in [3.8, 4) is 12.1 Å². The van der Waals surface area contributed by atoms with Crippen molar-refractivity contribution in [3.63, 3.8) is 0 Å². The molecule has 7 fully saturated rings. The number of morpholine rings is 1. The summed E-state index contributed by atoms with van der Waals surface area (Å²) in [6, 6.07) is 44.9. The highest BCUT2D eigenvalue weighted by Gasteiger charge is 2.78. The molecule has 0 amide bonds. The molecule has 2 bridgehead atoms. The number of nitrogens with one attached hydrogen (secondary N) is 4. The second-order valence-corrected chi connectivity index (χ2v) is 31.3. The molecule has 1 spiro atoms. The lowest BCUT2D eigenvalue weighted by Crippen LogP contribution is -2.79. The maximum atomic E-state index is 12.2. The Bertz CT molecular complexity index is 3240. The van der Waals surface area contributed by atoms with Gasteiger partial charge in [0.2, 0.25) is 0 Å². The predicted octanol–water partition coefficient (Wildman–Crippen LogP) is 12.7. The first-order valence-corrected chi connectivity index (χ1v) is 34.5. The largest absolute Gasteiger partial charge is 0.460 e. The van der Waals surface area contributed by atoms with Crippen molar-refractivity contribution in [2.24, 2.45) is 38.4 Å². The second-order valence-electron chi connectivity index (χ2n) is 31.3. The predicted molar refractivity (Wildman–Crippen MR) is 383 cm³/mol. The number of hydrogen-bond acceptors (Lipinski definition) is 17. The van der Waals surface area contributed by atoms with E-state index in [1.807, 2.05) is 146 Å². The Hall–Kier alpha value is -6.90. The number of aliphatic hydroxyl groups excluding tert-OH is 3. The van der Waals surface area contributed by atoms with E-state index in [1.165, 1.54) is 11.1 Å². The standard InChI is InChI=1S/C17H21NO2.C16H24N2O2.C16H22N2.C16H23NO3.C8H13NO2.C7H12O/c1-11(12-7-5-4-6-8-12)18-9-13-17(18)10-16(2,3)14(17)15(19)20-13;1-12(13-7-5-4-6-8-13)18-15(10-17)16(2,3)9-14(20)11-19;1-5-11-16(3,4)15(12-17)18-13(2)14-9-7-6-8-10-14;1-11(12-7-5-4-6-8-12)17-14-15(19)20-13(10-18)9-16(14,2)3;1-8(2)3-5-4-9-6(8)7(10)11-5;1-4-5-7(2,3)6-8/h4-8,11,13-14H,9-10H2,1-3H3;4-8,12,14-15,18-20H,9,11H2,1-3H3;5-10,13,15,18H,1,11H2,2-4H3;4-8,11,13-14,17-18H,9-10H2,1-3H3;5-6,9H,3-4H2,1-2H3;4,6H,1,5H2,2-3H3/t11-,13?,14?,17?;12-,14-,15+;13-,15+;11-,13+,14-;;/m1110../s1. The molecule has 0 radical (unpaired) electrons. The van der Waals surface area contributed by atoms with Gasteiger partial charge in [-0.3, -0.25) is 35.2 Å². The maximum Gasteiger partial charge on any atom is 0.324 e. The number of cyclic esters (lactones) is 1. The van der Waals surface area contributed by atoms with E-state index in [4.69, 9.17) is 19.3 Å². The lowest BCUT2D eigenvalue weighted by Gasteiger charge is -2.68. The minimum absolute atomic E-state index is 0.0180. The summed E-state index contributed by atoms with van der Waals surface area (Å²) in [4.78, 5) is 48.2. The van der Waals surface area contributed by atoms with Crippen molar-refractivity contribution in [2.75, 3.05) is 26.3 Å². The minimum atomic E-state index is -0.797. The van der Waals surface area contributed by atoms with Crippen LogP contribution in [0.5, 0.6) is 0 Å². The van der Waals surface area contributed by atoms with Crippen molar-refractivity contribution in [2.45, 2.75) is 228 Å². The first-order valence-electron chi connectivity index (χ1n) is 34.5. The molecule has 7 aliphatic rings. The fourth-order valence-corrected chi connectivity index (χ4v) is 14.5. The quantitative estimate of drug-likeness (QED) is 0.0167. The summed E-state index contributed by atoms with van der Waals surface area (Å²) in [6.45, 7) is 41.5. The Labute approximate surface area is 580 Å². The third-order valence-electron chi connectivity index (χ3n) is 20.2. The molecule has 17 heteroatoms. The second kappa shape index (κ2) is 35.2. The molecule has 1 saturated carbocycles. The van der Waals surface area contributed by atoms with Crippen LogP contribution in [-0.4, -0.2) is 125 Å². The van der Waals surface area contributed by atoms with Crippen LogP contribution in [0.4, 0.5) is 0 Å². The van der Waals surface area contributed by atoms with Gasteiger partial charge in [-0.2, -0.15) is 10.5 Å². The van der Waals surface area contributed by atoms with Gasteiger partial charge in [-0.1, -0.05) is 217 Å². The van der Waals surface area contributed by atoms with Crippen molar-refractivity contribution in [1.29, 1.82) is 10.5 Å². The van der Waals surface area contributed by atoms with Crippen LogP contribution in [0.1, 0.15) is 196 Å². The van der Waals surface area contributed by atoms with Gasteiger partial charge in [-0.15, -0.1) is 13.2 Å². The monoisotopic (exact) mass is 1330 g/mol. The smallest absolute Gasteiger partial charge is 0.324 e. The van der Waals surface area contributed by atoms with Crippen molar-refractivity contribution < 1.29 is 48.7 Å². The highest BCUT2D eigenvalue weighted by Crippen LogP contribution is 2.67. The van der Waals surface area contributed by atoms with Gasteiger partial charge in [0.05, 0.1) is 42.9 Å². The summed E-state index contributed by atoms with van der Waals surface area (Å²) in [7, 11) is 0. The number of piperidine rings is 1. The molecule has 17 nitrogen and oxygen atoms in total. The molecule has 6 saturated heterocycles. The van der Waals surface area contributed by atoms with Gasteiger partial charge in [0.15, 0.2) is 0 Å². The van der Waals surface area contributed by atoms with Gasteiger partial charge >= 0.3 is 17.9 Å². The zero-order valence-electron chi connectivity index (χ0n) is 60.8. The lowest BCUT2D eigenvalue weighted by atomic mass is 9.47. The number of allylic oxidation sites excluding steroid dienone is 2. The summed E-state index contributed by atoms with van der Waals surface area (Å²) in [5.74, 6) is -0.269. The van der Waals surface area contributed by atoms with Crippen LogP contribution < -0.4 is 21.3 Å². The molecule has 530 valence electrons. The highest BCUT2D eigenvalue weighted by molar-refractivity contribution is 5.81. The Morgan fingerprint density at radius 1 is 0.639 bits per heavy atom. The molecule has 4 aromatic carbocycles. The van der Waals surface area contributed by atoms with E-state index < -0.39 is 17.6 Å². The maximum absolute atomic E-state index is 12.2. The Balaban J connectivity index is 0.000000215. The summed E-state index contributed by atoms with van der Waals surface area (Å²) in [6.07, 6.45) is 8.32. The Morgan fingerprint density at radius 3 is 1.49 bits per heavy atom. The van der Waals surface area contributed by atoms with E-state index in [2.05, 4.69) is 143 Å². The van der Waals surface area contributed by atoms with E-state index in [-0.39, 0.29) is 124 Å². The van der Waals surface area contributed by atoms with E-state index in [9.17, 15) is 39.9 Å². The number of nitriles is 2. The summed E-state index contributed by atoms with van der Waals surface area (Å²) >= 11 is 0. The molecule has 14 atom stereocenters. The number of hydrogen-bond donors (Lipinski definition) is 7. The number of carbonyl (C=O) groups excluding carboxylic acids is 4. The van der Waals surface area contributed by atoms with Crippen LogP contribution in [0.15, 0.2) is 147 Å². The lowest BCUT2D eigenvalue weighted by molar-refractivity contribution is -0.214. The van der Waals surface area contributed by atoms with Gasteiger partial charge in [0.1, 0.15) is 48.8 Å². The number of rotatable bonds is 22. The molecular weight excluding hydrogens is 1220 g/mol. The molecule has 4 aromatic rings. The molecule has 0 aromatic heterocycles. The fraction of sp³-hybridized carbons (Fsp3) is 0.575. The molecule has 5 unspecified atom stereocenters. The Morgan fingerprint density at radius 2 is 1.11 bits per heavy atom. The number of fused-ring (bicyclic) bond motifs is 3. The van der Waals surface area contributed by atoms with E-state index >= 15 is 0 Å². The number of likely N-dealkylation sites (tertiary alicyclic amines) is 1. The van der Waals surface area contributed by atoms with E-state index in [0.717, 1.165) is 56.2 Å². The molecule has 11 rings (SSSR count). The summed E-state index contributed by atoms with van der Waals surface area (Å²) in [5.41, 5.74) is 3.93. The van der Waals surface area contributed by atoms with E-state index in [0.29, 0.717) is 18.9 Å². The van der Waals surface area contributed by atoms with E-state index in [1.54, 1.807) is 6.08 Å². The Kier molecular flexibility index (Phi) is 29.3. The number of ether oxygens (including phenoxy) is 3. The summed E-state index contributed by atoms with van der Waals surface area (Å²) in [5, 5.41) is 59.7. The van der Waals surface area contributed by atoms with Crippen LogP contribution in [0.2, 0.25) is 0 Å². The number of aldehydes is 1. The van der Waals surface area contributed by atoms with Gasteiger partial charge in [-0.25, -0.2) is 0 Å². The summed E-state index contributed by atoms with van der Waals surface area (Å²) < 4.78 is 16.0. The van der Waals surface area contributed by atoms with Crippen molar-refractivity contribution in [1.82, 2.24) is 26.2 Å². The van der Waals surface area contributed by atoms with Crippen molar-refractivity contribution in [3.05, 3.63) is 169 Å². The van der Waals surface area contributed by atoms with Gasteiger partial charge in [0, 0.05) is 42.7 Å². The third kappa shape index (κ3) is 21.3. The molecular formula is C80H115N7O10. The zero-order valence-corrected chi connectivity index (χ0v) is 60.8. The van der Waals surface area contributed by atoms with Crippen LogP contribution in [0.3, 0.4) is 0 Å². The zero-order chi connectivity index (χ0) is 72.3. The van der Waals surface area contributed by atoms with Crippen LogP contribution in [0.25, 0.3) is 0 Å². The number of aliphatic hydroxyl groups is 3. The average Bonchev–Trinajstić information content (AvgIpc) is 1.54. The van der Waals surface area contributed by atoms with Crippen molar-refractivity contribution >= 4 is 24.2 Å². The number of esters is 3. The van der Waals surface area contributed by atoms with Crippen LogP contribution in [-0.2, 0) is 33.4 Å². The fourth-order valence-electron chi connectivity index (χ4n) is 14.5. The van der Waals surface area contributed by atoms with Crippen LogP contribution in [0, 0.1) is 61.1 Å². The first-order chi connectivity index (χ1) is 45.5. The third-order valence-corrected chi connectivity index (χ3v) is 20.2. The highest BCUT2D eigenvalue weighted by atomic mass is 16.6. The molecule has 6 aliphatic heterocycles. The first kappa shape index (κ1) is 80.8. The average molecular weight is 1330 g/mol. The van der Waals surface area contributed by atoms with Gasteiger partial charge in [-0.05, 0) is 116 Å². The molecule has 97 heavy (non-hydrogen) atoms. The minimum Gasteiger partial charge on any atom is -0.460 e. The SMILES string of the molecule is C=CCC(C)(C)C=O.C=CCC(C)(C)[C@H](C#N)N[C@H](C)c1ccccc1.CC1(C)CC2CNC1C(=O)O2.C[C@@H](N[C@@H](C#N)C(C)(C)C[C@@H](O)CO)c1ccccc1.C[C@H](N[C@H]1C(=O)O[C@@H](CO)CC1(C)C)c1ccccc1.C[C@H](c1ccccc1)N1CC2OC(=O)C3C(C)(C)CC231. The number of benzene rings is 4.